The maximum atomic E-state index is 6.07. The lowest BCUT2D eigenvalue weighted by atomic mass is 10.0. The Balaban J connectivity index is 1.52. The summed E-state index contributed by atoms with van der Waals surface area (Å²) in [6.07, 6.45) is 10.1. The van der Waals surface area contributed by atoms with Crippen LogP contribution in [0.25, 0.3) is 0 Å². The SMILES string of the molecule is CCc1nc(C2C=C(OCC3CC3)C(C3CC3)=CN2)no1. The number of hydrogen-bond donors (Lipinski definition) is 1. The number of ether oxygens (including phenoxy) is 1. The first kappa shape index (κ1) is 12.9. The van der Waals surface area contributed by atoms with E-state index in [2.05, 4.69) is 27.7 Å². The quantitative estimate of drug-likeness (QED) is 0.871. The zero-order chi connectivity index (χ0) is 14.2. The predicted octanol–water partition coefficient (Wildman–Crippen LogP) is 2.88. The van der Waals surface area contributed by atoms with Crippen molar-refractivity contribution in [1.29, 1.82) is 0 Å². The molecule has 0 amide bonds. The van der Waals surface area contributed by atoms with Crippen LogP contribution in [0.5, 0.6) is 0 Å². The first-order valence-corrected chi connectivity index (χ1v) is 7.97. The second-order valence-corrected chi connectivity index (χ2v) is 6.20. The molecule has 1 N–H and O–H groups in total. The van der Waals surface area contributed by atoms with Gasteiger partial charge >= 0.3 is 0 Å². The van der Waals surface area contributed by atoms with Crippen molar-refractivity contribution in [3.63, 3.8) is 0 Å². The Labute approximate surface area is 124 Å². The second-order valence-electron chi connectivity index (χ2n) is 6.20. The van der Waals surface area contributed by atoms with Gasteiger partial charge in [0.1, 0.15) is 11.8 Å². The third-order valence-corrected chi connectivity index (χ3v) is 4.27. The van der Waals surface area contributed by atoms with E-state index in [9.17, 15) is 0 Å². The summed E-state index contributed by atoms with van der Waals surface area (Å²) in [5.74, 6) is 3.82. The minimum Gasteiger partial charge on any atom is -0.493 e. The molecule has 0 aromatic carbocycles. The van der Waals surface area contributed by atoms with Gasteiger partial charge in [0.15, 0.2) is 5.82 Å². The summed E-state index contributed by atoms with van der Waals surface area (Å²) in [4.78, 5) is 4.41. The van der Waals surface area contributed by atoms with Gasteiger partial charge in [-0.25, -0.2) is 0 Å². The van der Waals surface area contributed by atoms with Crippen molar-refractivity contribution in [2.24, 2.45) is 11.8 Å². The molecule has 5 nitrogen and oxygen atoms in total. The normalized spacial score (nSPS) is 25.1. The number of allylic oxidation sites excluding steroid dienone is 1. The zero-order valence-electron chi connectivity index (χ0n) is 12.3. The molecule has 1 atom stereocenters. The number of rotatable bonds is 6. The number of dihydropyridines is 1. The van der Waals surface area contributed by atoms with Gasteiger partial charge in [0, 0.05) is 18.2 Å². The molecule has 5 heteroatoms. The lowest BCUT2D eigenvalue weighted by Gasteiger charge is -2.22. The third kappa shape index (κ3) is 2.82. The molecule has 0 spiro atoms. The van der Waals surface area contributed by atoms with Crippen LogP contribution in [0.15, 0.2) is 28.1 Å². The van der Waals surface area contributed by atoms with E-state index in [1.54, 1.807) is 0 Å². The summed E-state index contributed by atoms with van der Waals surface area (Å²) in [6.45, 7) is 2.85. The van der Waals surface area contributed by atoms with Crippen molar-refractivity contribution in [2.45, 2.75) is 45.1 Å². The maximum Gasteiger partial charge on any atom is 0.226 e. The molecule has 2 aliphatic carbocycles. The summed E-state index contributed by atoms with van der Waals surface area (Å²) in [6, 6.07) is -0.0502. The van der Waals surface area contributed by atoms with Gasteiger partial charge in [-0.15, -0.1) is 0 Å². The molecule has 1 unspecified atom stereocenters. The van der Waals surface area contributed by atoms with Gasteiger partial charge in [-0.3, -0.25) is 0 Å². The molecular weight excluding hydrogens is 266 g/mol. The van der Waals surface area contributed by atoms with E-state index in [4.69, 9.17) is 9.26 Å². The molecule has 3 aliphatic rings. The Morgan fingerprint density at radius 1 is 1.33 bits per heavy atom. The Morgan fingerprint density at radius 2 is 2.19 bits per heavy atom. The van der Waals surface area contributed by atoms with Crippen molar-refractivity contribution in [1.82, 2.24) is 15.5 Å². The van der Waals surface area contributed by atoms with E-state index in [-0.39, 0.29) is 6.04 Å². The number of nitrogens with zero attached hydrogens (tertiary/aromatic N) is 2. The van der Waals surface area contributed by atoms with Crippen LogP contribution in [-0.2, 0) is 11.2 Å². The third-order valence-electron chi connectivity index (χ3n) is 4.27. The minimum absolute atomic E-state index is 0.0502. The fourth-order valence-electron chi connectivity index (χ4n) is 2.57. The summed E-state index contributed by atoms with van der Waals surface area (Å²) < 4.78 is 11.3. The van der Waals surface area contributed by atoms with Crippen molar-refractivity contribution in [3.8, 4) is 0 Å². The lowest BCUT2D eigenvalue weighted by molar-refractivity contribution is 0.200. The van der Waals surface area contributed by atoms with Gasteiger partial charge in [0.2, 0.25) is 5.89 Å². The number of hydrogen-bond acceptors (Lipinski definition) is 5. The molecule has 1 aromatic rings. The van der Waals surface area contributed by atoms with Gasteiger partial charge in [-0.05, 0) is 43.6 Å². The van der Waals surface area contributed by atoms with Gasteiger partial charge < -0.3 is 14.6 Å². The van der Waals surface area contributed by atoms with Crippen LogP contribution >= 0.6 is 0 Å². The Morgan fingerprint density at radius 3 is 2.86 bits per heavy atom. The van der Waals surface area contributed by atoms with E-state index in [0.717, 1.165) is 24.7 Å². The molecule has 2 fully saturated rings. The van der Waals surface area contributed by atoms with Crippen LogP contribution in [0.3, 0.4) is 0 Å². The monoisotopic (exact) mass is 287 g/mol. The van der Waals surface area contributed by atoms with E-state index in [0.29, 0.717) is 17.6 Å². The molecule has 1 aliphatic heterocycles. The molecular formula is C16H21N3O2. The van der Waals surface area contributed by atoms with E-state index in [1.165, 1.54) is 31.3 Å². The zero-order valence-corrected chi connectivity index (χ0v) is 12.3. The molecule has 2 saturated carbocycles. The van der Waals surface area contributed by atoms with Crippen molar-refractivity contribution in [3.05, 3.63) is 35.3 Å². The number of nitrogens with one attached hydrogen (secondary N) is 1. The van der Waals surface area contributed by atoms with Gasteiger partial charge in [0.05, 0.1) is 6.61 Å². The van der Waals surface area contributed by atoms with Crippen molar-refractivity contribution < 1.29 is 9.26 Å². The molecule has 112 valence electrons. The number of aromatic nitrogens is 2. The van der Waals surface area contributed by atoms with Crippen molar-refractivity contribution in [2.75, 3.05) is 6.61 Å². The van der Waals surface area contributed by atoms with Crippen LogP contribution in [-0.4, -0.2) is 16.7 Å². The van der Waals surface area contributed by atoms with Gasteiger partial charge in [-0.2, -0.15) is 4.98 Å². The highest BCUT2D eigenvalue weighted by molar-refractivity contribution is 5.36. The minimum atomic E-state index is -0.0502. The highest BCUT2D eigenvalue weighted by Crippen LogP contribution is 2.42. The van der Waals surface area contributed by atoms with Crippen LogP contribution in [0.1, 0.15) is 50.4 Å². The molecule has 0 saturated heterocycles. The maximum absolute atomic E-state index is 6.07. The highest BCUT2D eigenvalue weighted by Gasteiger charge is 2.33. The van der Waals surface area contributed by atoms with Crippen LogP contribution in [0.4, 0.5) is 0 Å². The molecule has 0 bridgehead atoms. The Bertz CT molecular complexity index is 582. The van der Waals surface area contributed by atoms with E-state index in [1.807, 2.05) is 6.92 Å². The topological polar surface area (TPSA) is 60.2 Å². The van der Waals surface area contributed by atoms with Crippen molar-refractivity contribution >= 4 is 0 Å². The molecule has 21 heavy (non-hydrogen) atoms. The highest BCUT2D eigenvalue weighted by atomic mass is 16.5. The Hall–Kier alpha value is -1.78. The second kappa shape index (κ2) is 5.20. The summed E-state index contributed by atoms with van der Waals surface area (Å²) >= 11 is 0. The summed E-state index contributed by atoms with van der Waals surface area (Å²) in [5.41, 5.74) is 1.31. The molecule has 0 radical (unpaired) electrons. The van der Waals surface area contributed by atoms with Gasteiger partial charge in [-0.1, -0.05) is 12.1 Å². The first-order valence-electron chi connectivity index (χ1n) is 7.97. The fourth-order valence-corrected chi connectivity index (χ4v) is 2.57. The standard InChI is InChI=1S/C16H21N3O2/c1-2-15-18-16(19-21-15)13-7-14(20-9-10-3-4-10)12(8-17-13)11-5-6-11/h7-8,10-11,13,17H,2-6,9H2,1H3. The number of aryl methyl sites for hydroxylation is 1. The predicted molar refractivity (Wildman–Crippen MR) is 77.1 cm³/mol. The largest absolute Gasteiger partial charge is 0.493 e. The average Bonchev–Trinajstić information content (AvgIpc) is 3.43. The Kier molecular flexibility index (Phi) is 3.20. The van der Waals surface area contributed by atoms with E-state index >= 15 is 0 Å². The first-order chi connectivity index (χ1) is 10.3. The molecule has 1 aromatic heterocycles. The molecule has 4 rings (SSSR count). The summed E-state index contributed by atoms with van der Waals surface area (Å²) in [7, 11) is 0. The average molecular weight is 287 g/mol. The van der Waals surface area contributed by atoms with Crippen LogP contribution in [0.2, 0.25) is 0 Å². The van der Waals surface area contributed by atoms with Gasteiger partial charge in [0.25, 0.3) is 0 Å². The van der Waals surface area contributed by atoms with Crippen LogP contribution < -0.4 is 5.32 Å². The fraction of sp³-hybridized carbons (Fsp3) is 0.625. The molecule has 2 heterocycles. The smallest absolute Gasteiger partial charge is 0.226 e. The van der Waals surface area contributed by atoms with Crippen LogP contribution in [0, 0.1) is 11.8 Å². The lowest BCUT2D eigenvalue weighted by Crippen LogP contribution is -2.22. The van der Waals surface area contributed by atoms with E-state index < -0.39 is 0 Å². The summed E-state index contributed by atoms with van der Waals surface area (Å²) in [5, 5.41) is 7.43.